The molecule has 0 atom stereocenters. The fourth-order valence-electron chi connectivity index (χ4n) is 2.12. The van der Waals surface area contributed by atoms with Gasteiger partial charge in [-0.3, -0.25) is 0 Å². The highest BCUT2D eigenvalue weighted by Gasteiger charge is 1.90. The van der Waals surface area contributed by atoms with Crippen molar-refractivity contribution in [2.45, 2.75) is 65.2 Å². The second-order valence-electron chi connectivity index (χ2n) is 5.22. The lowest BCUT2D eigenvalue weighted by molar-refractivity contribution is 0.592. The molecule has 0 aliphatic rings. The van der Waals surface area contributed by atoms with Crippen LogP contribution in [0.4, 0.5) is 0 Å². The van der Waals surface area contributed by atoms with E-state index >= 15 is 0 Å². The Morgan fingerprint density at radius 2 is 1.44 bits per heavy atom. The highest BCUT2D eigenvalue weighted by molar-refractivity contribution is 5.49. The predicted octanol–water partition coefficient (Wildman–Crippen LogP) is 6.15. The lowest BCUT2D eigenvalue weighted by Crippen LogP contribution is -1.79. The van der Waals surface area contributed by atoms with Crippen molar-refractivity contribution in [3.05, 3.63) is 41.5 Å². The van der Waals surface area contributed by atoms with E-state index in [1.807, 2.05) is 0 Å². The first-order chi connectivity index (χ1) is 8.83. The van der Waals surface area contributed by atoms with Crippen LogP contribution < -0.4 is 0 Å². The highest BCUT2D eigenvalue weighted by atomic mass is 14.0. The van der Waals surface area contributed by atoms with Gasteiger partial charge in [0.25, 0.3) is 0 Å². The van der Waals surface area contributed by atoms with Crippen molar-refractivity contribution in [3.8, 4) is 0 Å². The summed E-state index contributed by atoms with van der Waals surface area (Å²) in [7, 11) is 0. The summed E-state index contributed by atoms with van der Waals surface area (Å²) in [6, 6.07) is 8.73. The van der Waals surface area contributed by atoms with E-state index in [1.54, 1.807) is 0 Å². The molecule has 0 heteroatoms. The normalized spacial score (nSPS) is 11.2. The monoisotopic (exact) mass is 244 g/mol. The van der Waals surface area contributed by atoms with Gasteiger partial charge in [-0.15, -0.1) is 0 Å². The van der Waals surface area contributed by atoms with Crippen LogP contribution in [0.2, 0.25) is 0 Å². The Labute approximate surface area is 113 Å². The van der Waals surface area contributed by atoms with Crippen molar-refractivity contribution in [2.75, 3.05) is 0 Å². The van der Waals surface area contributed by atoms with Crippen molar-refractivity contribution in [3.63, 3.8) is 0 Å². The number of rotatable bonds is 9. The second kappa shape index (κ2) is 9.94. The minimum Gasteiger partial charge on any atom is -0.0839 e. The van der Waals surface area contributed by atoms with Gasteiger partial charge in [0, 0.05) is 0 Å². The summed E-state index contributed by atoms with van der Waals surface area (Å²) >= 11 is 0. The van der Waals surface area contributed by atoms with Gasteiger partial charge in [0.1, 0.15) is 0 Å². The molecule has 0 aromatic heterocycles. The molecule has 0 aliphatic carbocycles. The Bertz CT molecular complexity index is 318. The van der Waals surface area contributed by atoms with E-state index in [9.17, 15) is 0 Å². The van der Waals surface area contributed by atoms with Gasteiger partial charge >= 0.3 is 0 Å². The van der Waals surface area contributed by atoms with E-state index < -0.39 is 0 Å². The zero-order valence-corrected chi connectivity index (χ0v) is 12.1. The Kier molecular flexibility index (Phi) is 8.29. The van der Waals surface area contributed by atoms with Crippen LogP contribution >= 0.6 is 0 Å². The Morgan fingerprint density at radius 1 is 0.833 bits per heavy atom. The maximum atomic E-state index is 2.32. The summed E-state index contributed by atoms with van der Waals surface area (Å²) < 4.78 is 0. The molecule has 1 aromatic carbocycles. The lowest BCUT2D eigenvalue weighted by Gasteiger charge is -1.99. The quantitative estimate of drug-likeness (QED) is 0.457. The van der Waals surface area contributed by atoms with E-state index in [0.29, 0.717) is 0 Å². The van der Waals surface area contributed by atoms with Crippen LogP contribution in [-0.4, -0.2) is 0 Å². The average molecular weight is 244 g/mol. The lowest BCUT2D eigenvalue weighted by atomic mass is 10.1. The van der Waals surface area contributed by atoms with Crippen molar-refractivity contribution < 1.29 is 0 Å². The maximum absolute atomic E-state index is 2.32. The molecule has 0 unspecified atom stereocenters. The first kappa shape index (κ1) is 15.0. The fraction of sp³-hybridized carbons (Fsp3) is 0.556. The molecule has 0 heterocycles. The van der Waals surface area contributed by atoms with Crippen LogP contribution in [0.3, 0.4) is 0 Å². The molecule has 0 aliphatic heterocycles. The van der Waals surface area contributed by atoms with Gasteiger partial charge in [-0.05, 0) is 25.3 Å². The molecule has 0 amide bonds. The van der Waals surface area contributed by atoms with Crippen molar-refractivity contribution >= 4 is 6.08 Å². The summed E-state index contributed by atoms with van der Waals surface area (Å²) in [5.74, 6) is 0. The topological polar surface area (TPSA) is 0 Å². The number of hydrogen-bond acceptors (Lipinski definition) is 0. The highest BCUT2D eigenvalue weighted by Crippen LogP contribution is 2.10. The van der Waals surface area contributed by atoms with Crippen LogP contribution in [0.1, 0.15) is 69.4 Å². The molecule has 1 rings (SSSR count). The summed E-state index contributed by atoms with van der Waals surface area (Å²) in [6.45, 7) is 4.40. The molecule has 0 N–H and O–H groups in total. The van der Waals surface area contributed by atoms with E-state index in [2.05, 4.69) is 50.3 Å². The van der Waals surface area contributed by atoms with E-state index in [0.717, 1.165) is 0 Å². The molecule has 0 saturated carbocycles. The minimum absolute atomic E-state index is 1.22. The Morgan fingerprint density at radius 3 is 2.11 bits per heavy atom. The third kappa shape index (κ3) is 7.32. The minimum atomic E-state index is 1.22. The number of benzene rings is 1. The molecule has 0 nitrogen and oxygen atoms in total. The SMILES string of the molecule is CCCCCCCCC/C=C\c1ccc(C)cc1. The van der Waals surface area contributed by atoms with E-state index in [1.165, 1.54) is 62.5 Å². The van der Waals surface area contributed by atoms with Gasteiger partial charge < -0.3 is 0 Å². The standard InChI is InChI=1S/C18H28/c1-3-4-5-6-7-8-9-10-11-12-18-15-13-17(2)14-16-18/h11-16H,3-10H2,1-2H3/b12-11-. The van der Waals surface area contributed by atoms with Gasteiger partial charge in [-0.1, -0.05) is 87.4 Å². The van der Waals surface area contributed by atoms with Crippen molar-refractivity contribution in [2.24, 2.45) is 0 Å². The molecule has 100 valence electrons. The first-order valence-corrected chi connectivity index (χ1v) is 7.56. The zero-order valence-electron chi connectivity index (χ0n) is 12.1. The molecule has 0 saturated heterocycles. The summed E-state index contributed by atoms with van der Waals surface area (Å²) in [5.41, 5.74) is 2.66. The predicted molar refractivity (Wildman–Crippen MR) is 82.8 cm³/mol. The Balaban J connectivity index is 2.02. The van der Waals surface area contributed by atoms with Gasteiger partial charge in [-0.25, -0.2) is 0 Å². The molecule has 18 heavy (non-hydrogen) atoms. The summed E-state index contributed by atoms with van der Waals surface area (Å²) in [5, 5.41) is 0. The fourth-order valence-corrected chi connectivity index (χ4v) is 2.12. The van der Waals surface area contributed by atoms with Crippen molar-refractivity contribution in [1.29, 1.82) is 0 Å². The molecule has 0 fully saturated rings. The van der Waals surface area contributed by atoms with Crippen LogP contribution in [0.5, 0.6) is 0 Å². The molecular weight excluding hydrogens is 216 g/mol. The smallest absolute Gasteiger partial charge is 0.0260 e. The van der Waals surface area contributed by atoms with E-state index in [-0.39, 0.29) is 0 Å². The third-order valence-corrected chi connectivity index (χ3v) is 3.36. The molecular formula is C18H28. The van der Waals surface area contributed by atoms with Crippen LogP contribution in [0.25, 0.3) is 6.08 Å². The molecule has 1 aromatic rings. The number of hydrogen-bond donors (Lipinski definition) is 0. The third-order valence-electron chi connectivity index (χ3n) is 3.36. The zero-order chi connectivity index (χ0) is 13.1. The van der Waals surface area contributed by atoms with E-state index in [4.69, 9.17) is 0 Å². The van der Waals surface area contributed by atoms with Gasteiger partial charge in [-0.2, -0.15) is 0 Å². The largest absolute Gasteiger partial charge is 0.0839 e. The van der Waals surface area contributed by atoms with Crippen LogP contribution in [-0.2, 0) is 0 Å². The number of allylic oxidation sites excluding steroid dienone is 1. The second-order valence-corrected chi connectivity index (χ2v) is 5.22. The van der Waals surface area contributed by atoms with Crippen LogP contribution in [0, 0.1) is 6.92 Å². The van der Waals surface area contributed by atoms with Crippen LogP contribution in [0.15, 0.2) is 30.3 Å². The average Bonchev–Trinajstić information content (AvgIpc) is 2.39. The molecule has 0 bridgehead atoms. The first-order valence-electron chi connectivity index (χ1n) is 7.56. The molecule has 0 radical (unpaired) electrons. The van der Waals surface area contributed by atoms with Crippen molar-refractivity contribution in [1.82, 2.24) is 0 Å². The van der Waals surface area contributed by atoms with Gasteiger partial charge in [0.15, 0.2) is 0 Å². The van der Waals surface area contributed by atoms with Gasteiger partial charge in [0.2, 0.25) is 0 Å². The molecule has 0 spiro atoms. The van der Waals surface area contributed by atoms with Gasteiger partial charge in [0.05, 0.1) is 0 Å². The summed E-state index contributed by atoms with van der Waals surface area (Å²) in [6.07, 6.45) is 15.5. The summed E-state index contributed by atoms with van der Waals surface area (Å²) in [4.78, 5) is 0. The Hall–Kier alpha value is -1.04. The maximum Gasteiger partial charge on any atom is -0.0260 e. The number of unbranched alkanes of at least 4 members (excludes halogenated alkanes) is 7. The number of aryl methyl sites for hydroxylation is 1.